The summed E-state index contributed by atoms with van der Waals surface area (Å²) in [5, 5.41) is 0.612. The molecule has 3 heterocycles. The minimum Gasteiger partial charge on any atom is -0.486 e. The van der Waals surface area contributed by atoms with E-state index in [1.54, 1.807) is 34.6 Å². The molecule has 150 valence electrons. The molecule has 0 saturated heterocycles. The molecule has 29 heavy (non-hydrogen) atoms. The van der Waals surface area contributed by atoms with Crippen molar-refractivity contribution in [3.8, 4) is 11.5 Å². The molecule has 0 N–H and O–H groups in total. The van der Waals surface area contributed by atoms with Crippen LogP contribution in [0.2, 0.25) is 5.02 Å². The second-order valence-corrected chi connectivity index (χ2v) is 9.33. The van der Waals surface area contributed by atoms with Crippen LogP contribution in [0.5, 0.6) is 11.5 Å². The Kier molecular flexibility index (Phi) is 4.53. The molecule has 6 nitrogen and oxygen atoms in total. The highest BCUT2D eigenvalue weighted by Gasteiger charge is 2.38. The largest absolute Gasteiger partial charge is 0.486 e. The lowest BCUT2D eigenvalue weighted by molar-refractivity contribution is 0.171. The van der Waals surface area contributed by atoms with Gasteiger partial charge in [0.05, 0.1) is 10.9 Å². The van der Waals surface area contributed by atoms with Gasteiger partial charge in [-0.25, -0.2) is 8.42 Å². The van der Waals surface area contributed by atoms with E-state index in [0.717, 1.165) is 11.3 Å². The Hall–Kier alpha value is -2.48. The van der Waals surface area contributed by atoms with Gasteiger partial charge in [0, 0.05) is 36.1 Å². The van der Waals surface area contributed by atoms with E-state index in [4.69, 9.17) is 21.1 Å². The average Bonchev–Trinajstić information content (AvgIpc) is 3.22. The third-order valence-electron chi connectivity index (χ3n) is 5.30. The summed E-state index contributed by atoms with van der Waals surface area (Å²) < 4.78 is 42.1. The van der Waals surface area contributed by atoms with Crippen LogP contribution in [-0.4, -0.2) is 37.0 Å². The molecule has 5 rings (SSSR count). The Morgan fingerprint density at radius 1 is 0.931 bits per heavy atom. The molecule has 0 saturated carbocycles. The fourth-order valence-electron chi connectivity index (χ4n) is 3.92. The first-order chi connectivity index (χ1) is 14.0. The molecule has 0 amide bonds. The Morgan fingerprint density at radius 3 is 2.48 bits per heavy atom. The van der Waals surface area contributed by atoms with Crippen molar-refractivity contribution in [2.24, 2.45) is 0 Å². The van der Waals surface area contributed by atoms with Crippen LogP contribution in [-0.2, 0) is 16.6 Å². The average molecular weight is 431 g/mol. The second kappa shape index (κ2) is 7.09. The van der Waals surface area contributed by atoms with Gasteiger partial charge in [0.25, 0.3) is 0 Å². The second-order valence-electron chi connectivity index (χ2n) is 7.00. The summed E-state index contributed by atoms with van der Waals surface area (Å²) in [6.07, 6.45) is 1.98. The molecular weight excluding hydrogens is 412 g/mol. The highest BCUT2D eigenvalue weighted by Crippen LogP contribution is 2.39. The summed E-state index contributed by atoms with van der Waals surface area (Å²) in [5.41, 5.74) is 1.80. The number of hydrogen-bond donors (Lipinski definition) is 0. The highest BCUT2D eigenvalue weighted by molar-refractivity contribution is 7.89. The van der Waals surface area contributed by atoms with Crippen molar-refractivity contribution >= 4 is 21.6 Å². The van der Waals surface area contributed by atoms with Gasteiger partial charge in [0.15, 0.2) is 11.5 Å². The number of nitrogens with zero attached hydrogens (tertiary/aromatic N) is 2. The summed E-state index contributed by atoms with van der Waals surface area (Å²) in [6, 6.07) is 15.6. The number of fused-ring (bicyclic) bond motifs is 2. The van der Waals surface area contributed by atoms with Crippen molar-refractivity contribution < 1.29 is 17.9 Å². The van der Waals surface area contributed by atoms with Crippen LogP contribution in [0.15, 0.2) is 65.7 Å². The van der Waals surface area contributed by atoms with E-state index in [1.807, 2.05) is 30.5 Å². The first kappa shape index (κ1) is 18.5. The third-order valence-corrected chi connectivity index (χ3v) is 7.41. The summed E-state index contributed by atoms with van der Waals surface area (Å²) in [6.45, 7) is 1.82. The first-order valence-corrected chi connectivity index (χ1v) is 11.2. The molecule has 1 aromatic heterocycles. The molecule has 3 aromatic rings. The van der Waals surface area contributed by atoms with Gasteiger partial charge in [0.2, 0.25) is 10.0 Å². The van der Waals surface area contributed by atoms with E-state index >= 15 is 0 Å². The number of rotatable bonds is 3. The van der Waals surface area contributed by atoms with Crippen molar-refractivity contribution in [2.45, 2.75) is 17.5 Å². The minimum atomic E-state index is -3.77. The SMILES string of the molecule is O=S(=O)(c1ccc2c(c1)OCCO2)N1CCn2cccc2[C@@H]1c1ccc(Cl)cc1. The molecule has 0 radical (unpaired) electrons. The predicted octanol–water partition coefficient (Wildman–Crippen LogP) is 3.71. The quantitative estimate of drug-likeness (QED) is 0.635. The molecule has 2 aromatic carbocycles. The van der Waals surface area contributed by atoms with Gasteiger partial charge in [-0.1, -0.05) is 23.7 Å². The molecule has 0 fully saturated rings. The van der Waals surface area contributed by atoms with Crippen LogP contribution in [0.3, 0.4) is 0 Å². The van der Waals surface area contributed by atoms with Gasteiger partial charge in [0.1, 0.15) is 13.2 Å². The van der Waals surface area contributed by atoms with Gasteiger partial charge in [-0.05, 0) is 42.0 Å². The predicted molar refractivity (Wildman–Crippen MR) is 109 cm³/mol. The zero-order chi connectivity index (χ0) is 20.0. The third kappa shape index (κ3) is 3.19. The summed E-state index contributed by atoms with van der Waals surface area (Å²) in [5.74, 6) is 1.03. The zero-order valence-electron chi connectivity index (χ0n) is 15.5. The molecule has 0 bridgehead atoms. The monoisotopic (exact) mass is 430 g/mol. The normalized spacial score (nSPS) is 19.0. The van der Waals surface area contributed by atoms with Gasteiger partial charge in [-0.3, -0.25) is 0 Å². The number of benzene rings is 2. The zero-order valence-corrected chi connectivity index (χ0v) is 17.1. The standard InChI is InChI=1S/C21H19ClN2O4S/c22-16-5-3-15(4-6-16)21-18-2-1-9-23(18)10-11-24(21)29(25,26)17-7-8-19-20(14-17)28-13-12-27-19/h1-9,14,21H,10-13H2/t21-/m0/s1. The Bertz CT molecular complexity index is 1160. The number of halogens is 1. The maximum absolute atomic E-state index is 13.6. The molecule has 0 unspecified atom stereocenters. The van der Waals surface area contributed by atoms with E-state index in [1.165, 1.54) is 0 Å². The summed E-state index contributed by atoms with van der Waals surface area (Å²) in [7, 11) is -3.77. The number of aromatic nitrogens is 1. The molecular formula is C21H19ClN2O4S. The van der Waals surface area contributed by atoms with Gasteiger partial charge >= 0.3 is 0 Å². The minimum absolute atomic E-state index is 0.195. The maximum atomic E-state index is 13.6. The summed E-state index contributed by atoms with van der Waals surface area (Å²) >= 11 is 6.06. The van der Waals surface area contributed by atoms with Crippen LogP contribution in [0.4, 0.5) is 0 Å². The Balaban J connectivity index is 1.60. The maximum Gasteiger partial charge on any atom is 0.244 e. The molecule has 2 aliphatic rings. The van der Waals surface area contributed by atoms with Crippen LogP contribution >= 0.6 is 11.6 Å². The van der Waals surface area contributed by atoms with Gasteiger partial charge < -0.3 is 14.0 Å². The van der Waals surface area contributed by atoms with Crippen molar-refractivity contribution in [1.29, 1.82) is 0 Å². The topological polar surface area (TPSA) is 60.8 Å². The number of sulfonamides is 1. The van der Waals surface area contributed by atoms with Crippen LogP contribution < -0.4 is 9.47 Å². The van der Waals surface area contributed by atoms with E-state index in [9.17, 15) is 8.42 Å². The summed E-state index contributed by atoms with van der Waals surface area (Å²) in [4.78, 5) is 0.195. The number of ether oxygens (including phenoxy) is 2. The highest BCUT2D eigenvalue weighted by atomic mass is 35.5. The van der Waals surface area contributed by atoms with E-state index < -0.39 is 16.1 Å². The van der Waals surface area contributed by atoms with Gasteiger partial charge in [-0.2, -0.15) is 4.31 Å². The molecule has 8 heteroatoms. The van der Waals surface area contributed by atoms with Crippen LogP contribution in [0, 0.1) is 0 Å². The first-order valence-electron chi connectivity index (χ1n) is 9.36. The lowest BCUT2D eigenvalue weighted by Gasteiger charge is -2.36. The molecule has 0 aliphatic carbocycles. The van der Waals surface area contributed by atoms with Crippen molar-refractivity contribution in [3.63, 3.8) is 0 Å². The molecule has 0 spiro atoms. The van der Waals surface area contributed by atoms with E-state index in [0.29, 0.717) is 42.8 Å². The van der Waals surface area contributed by atoms with E-state index in [-0.39, 0.29) is 4.90 Å². The molecule has 2 aliphatic heterocycles. The van der Waals surface area contributed by atoms with Crippen molar-refractivity contribution in [3.05, 3.63) is 77.1 Å². The van der Waals surface area contributed by atoms with E-state index in [2.05, 4.69) is 4.57 Å². The van der Waals surface area contributed by atoms with Gasteiger partial charge in [-0.15, -0.1) is 0 Å². The molecule has 1 atom stereocenters. The van der Waals surface area contributed by atoms with Crippen LogP contribution in [0.25, 0.3) is 0 Å². The lowest BCUT2D eigenvalue weighted by Crippen LogP contribution is -2.42. The van der Waals surface area contributed by atoms with Crippen molar-refractivity contribution in [2.75, 3.05) is 19.8 Å². The van der Waals surface area contributed by atoms with Crippen molar-refractivity contribution in [1.82, 2.24) is 8.87 Å². The van der Waals surface area contributed by atoms with Crippen LogP contribution in [0.1, 0.15) is 17.3 Å². The fraction of sp³-hybridized carbons (Fsp3) is 0.238. The lowest BCUT2D eigenvalue weighted by atomic mass is 10.0. The Labute approximate surface area is 174 Å². The smallest absolute Gasteiger partial charge is 0.244 e. The Morgan fingerprint density at radius 2 is 1.69 bits per heavy atom. The fourth-order valence-corrected chi connectivity index (χ4v) is 5.64. The number of hydrogen-bond acceptors (Lipinski definition) is 4.